The molecule has 6 heteroatoms. The second kappa shape index (κ2) is 8.90. The number of anilines is 2. The fourth-order valence-corrected chi connectivity index (χ4v) is 2.76. The van der Waals surface area contributed by atoms with E-state index < -0.39 is 0 Å². The molecule has 0 fully saturated rings. The number of methoxy groups -OCH3 is 1. The summed E-state index contributed by atoms with van der Waals surface area (Å²) in [6.07, 6.45) is 0.785. The summed E-state index contributed by atoms with van der Waals surface area (Å²) in [5, 5.41) is 5.52. The van der Waals surface area contributed by atoms with Gasteiger partial charge in [0.2, 0.25) is 11.8 Å². The SMILES string of the molecule is COc1ccc(-c2ccc(CCC(=O)Nc3cccc(NC(C)=O)c3)o2)cc1. The number of aryl methyl sites for hydroxylation is 1. The van der Waals surface area contributed by atoms with E-state index in [0.717, 1.165) is 22.8 Å². The van der Waals surface area contributed by atoms with Crippen LogP contribution in [0.2, 0.25) is 0 Å². The Labute approximate surface area is 163 Å². The van der Waals surface area contributed by atoms with Gasteiger partial charge in [-0.05, 0) is 54.6 Å². The van der Waals surface area contributed by atoms with Gasteiger partial charge in [0.25, 0.3) is 0 Å². The molecule has 1 heterocycles. The normalized spacial score (nSPS) is 10.4. The van der Waals surface area contributed by atoms with Crippen LogP contribution in [0.15, 0.2) is 65.1 Å². The summed E-state index contributed by atoms with van der Waals surface area (Å²) in [5.41, 5.74) is 2.22. The highest BCUT2D eigenvalue weighted by Crippen LogP contribution is 2.25. The van der Waals surface area contributed by atoms with Crippen molar-refractivity contribution in [2.75, 3.05) is 17.7 Å². The number of carbonyl (C=O) groups is 2. The topological polar surface area (TPSA) is 80.6 Å². The maximum Gasteiger partial charge on any atom is 0.224 e. The summed E-state index contributed by atoms with van der Waals surface area (Å²) >= 11 is 0. The molecular formula is C22H22N2O4. The van der Waals surface area contributed by atoms with Crippen molar-refractivity contribution in [2.24, 2.45) is 0 Å². The molecule has 0 aliphatic carbocycles. The lowest BCUT2D eigenvalue weighted by Crippen LogP contribution is -2.12. The van der Waals surface area contributed by atoms with Crippen LogP contribution in [-0.4, -0.2) is 18.9 Å². The lowest BCUT2D eigenvalue weighted by Gasteiger charge is -2.07. The highest BCUT2D eigenvalue weighted by molar-refractivity contribution is 5.93. The number of amides is 2. The molecule has 0 spiro atoms. The lowest BCUT2D eigenvalue weighted by molar-refractivity contribution is -0.116. The van der Waals surface area contributed by atoms with Gasteiger partial charge in [0.15, 0.2) is 0 Å². The zero-order valence-corrected chi connectivity index (χ0v) is 15.8. The minimum atomic E-state index is -0.158. The van der Waals surface area contributed by atoms with Crippen LogP contribution in [0, 0.1) is 0 Å². The van der Waals surface area contributed by atoms with Crippen molar-refractivity contribution >= 4 is 23.2 Å². The first kappa shape index (κ1) is 19.2. The van der Waals surface area contributed by atoms with Crippen LogP contribution in [0.4, 0.5) is 11.4 Å². The quantitative estimate of drug-likeness (QED) is 0.635. The molecule has 3 rings (SSSR count). The molecule has 3 aromatic rings. The van der Waals surface area contributed by atoms with E-state index in [2.05, 4.69) is 10.6 Å². The molecular weight excluding hydrogens is 356 g/mol. The van der Waals surface area contributed by atoms with Crippen LogP contribution in [0.1, 0.15) is 19.1 Å². The molecule has 6 nitrogen and oxygen atoms in total. The fraction of sp³-hybridized carbons (Fsp3) is 0.182. The third-order valence-corrected chi connectivity index (χ3v) is 4.10. The van der Waals surface area contributed by atoms with Gasteiger partial charge in [-0.2, -0.15) is 0 Å². The first-order valence-electron chi connectivity index (χ1n) is 8.94. The van der Waals surface area contributed by atoms with Crippen molar-refractivity contribution in [3.63, 3.8) is 0 Å². The second-order valence-corrected chi connectivity index (χ2v) is 6.30. The summed E-state index contributed by atoms with van der Waals surface area (Å²) in [5.74, 6) is 2.00. The minimum absolute atomic E-state index is 0.123. The lowest BCUT2D eigenvalue weighted by atomic mass is 10.2. The van der Waals surface area contributed by atoms with E-state index >= 15 is 0 Å². The van der Waals surface area contributed by atoms with E-state index in [1.165, 1.54) is 6.92 Å². The standard InChI is InChI=1S/C22H22N2O4/c1-15(25)23-17-4-3-5-18(14-17)24-22(26)13-11-20-10-12-21(28-20)16-6-8-19(27-2)9-7-16/h3-10,12,14H,11,13H2,1-2H3,(H,23,25)(H,24,26). The van der Waals surface area contributed by atoms with Crippen LogP contribution in [-0.2, 0) is 16.0 Å². The predicted molar refractivity (Wildman–Crippen MR) is 108 cm³/mol. The monoisotopic (exact) mass is 378 g/mol. The number of hydrogen-bond acceptors (Lipinski definition) is 4. The number of furan rings is 1. The average Bonchev–Trinajstić information content (AvgIpc) is 3.15. The van der Waals surface area contributed by atoms with E-state index in [4.69, 9.17) is 9.15 Å². The van der Waals surface area contributed by atoms with Gasteiger partial charge in [-0.15, -0.1) is 0 Å². The average molecular weight is 378 g/mol. The Morgan fingerprint density at radius 2 is 1.68 bits per heavy atom. The zero-order chi connectivity index (χ0) is 19.9. The summed E-state index contributed by atoms with van der Waals surface area (Å²) in [6.45, 7) is 1.44. The number of rotatable bonds is 7. The maximum atomic E-state index is 12.2. The van der Waals surface area contributed by atoms with E-state index in [-0.39, 0.29) is 11.8 Å². The van der Waals surface area contributed by atoms with E-state index in [0.29, 0.717) is 24.2 Å². The number of ether oxygens (including phenoxy) is 1. The molecule has 0 saturated carbocycles. The Balaban J connectivity index is 1.55. The van der Waals surface area contributed by atoms with Gasteiger partial charge in [0, 0.05) is 36.7 Å². The van der Waals surface area contributed by atoms with Crippen molar-refractivity contribution < 1.29 is 18.7 Å². The van der Waals surface area contributed by atoms with Gasteiger partial charge in [-0.25, -0.2) is 0 Å². The number of carbonyl (C=O) groups excluding carboxylic acids is 2. The molecule has 0 radical (unpaired) electrons. The Kier molecular flexibility index (Phi) is 6.11. The van der Waals surface area contributed by atoms with E-state index in [9.17, 15) is 9.59 Å². The Bertz CT molecular complexity index is 961. The molecule has 0 unspecified atom stereocenters. The molecule has 1 aromatic heterocycles. The van der Waals surface area contributed by atoms with Crippen molar-refractivity contribution in [2.45, 2.75) is 19.8 Å². The van der Waals surface area contributed by atoms with Crippen molar-refractivity contribution in [1.29, 1.82) is 0 Å². The molecule has 0 saturated heterocycles. The van der Waals surface area contributed by atoms with Crippen molar-refractivity contribution in [1.82, 2.24) is 0 Å². The first-order chi connectivity index (χ1) is 13.5. The van der Waals surface area contributed by atoms with Crippen LogP contribution in [0.3, 0.4) is 0 Å². The Morgan fingerprint density at radius 1 is 0.964 bits per heavy atom. The Hall–Kier alpha value is -3.54. The summed E-state index contributed by atoms with van der Waals surface area (Å²) in [7, 11) is 1.63. The molecule has 2 amide bonds. The molecule has 2 aromatic carbocycles. The van der Waals surface area contributed by atoms with Gasteiger partial charge in [-0.1, -0.05) is 6.07 Å². The third kappa shape index (κ3) is 5.23. The van der Waals surface area contributed by atoms with Crippen molar-refractivity contribution in [3.05, 3.63) is 66.4 Å². The molecule has 2 N–H and O–H groups in total. The van der Waals surface area contributed by atoms with Crippen LogP contribution in [0.5, 0.6) is 5.75 Å². The first-order valence-corrected chi connectivity index (χ1v) is 8.94. The van der Waals surface area contributed by atoms with E-state index in [1.807, 2.05) is 36.4 Å². The largest absolute Gasteiger partial charge is 0.497 e. The van der Waals surface area contributed by atoms with Crippen molar-refractivity contribution in [3.8, 4) is 17.1 Å². The number of benzene rings is 2. The fourth-order valence-electron chi connectivity index (χ4n) is 2.76. The minimum Gasteiger partial charge on any atom is -0.497 e. The van der Waals surface area contributed by atoms with Gasteiger partial charge in [0.1, 0.15) is 17.3 Å². The third-order valence-electron chi connectivity index (χ3n) is 4.10. The smallest absolute Gasteiger partial charge is 0.224 e. The van der Waals surface area contributed by atoms with Crippen LogP contribution < -0.4 is 15.4 Å². The summed E-state index contributed by atoms with van der Waals surface area (Å²) in [4.78, 5) is 23.3. The number of hydrogen-bond donors (Lipinski definition) is 2. The van der Waals surface area contributed by atoms with E-state index in [1.54, 1.807) is 31.4 Å². The van der Waals surface area contributed by atoms with Crippen LogP contribution in [0.25, 0.3) is 11.3 Å². The molecule has 28 heavy (non-hydrogen) atoms. The highest BCUT2D eigenvalue weighted by Gasteiger charge is 2.09. The number of nitrogens with one attached hydrogen (secondary N) is 2. The van der Waals surface area contributed by atoms with Gasteiger partial charge in [-0.3, -0.25) is 9.59 Å². The summed E-state index contributed by atoms with van der Waals surface area (Å²) < 4.78 is 11.0. The molecule has 0 aliphatic rings. The van der Waals surface area contributed by atoms with Gasteiger partial charge < -0.3 is 19.8 Å². The van der Waals surface area contributed by atoms with Gasteiger partial charge in [0.05, 0.1) is 7.11 Å². The predicted octanol–water partition coefficient (Wildman–Crippen LogP) is 4.48. The molecule has 0 aliphatic heterocycles. The maximum absolute atomic E-state index is 12.2. The summed E-state index contributed by atoms with van der Waals surface area (Å²) in [6, 6.07) is 18.4. The Morgan fingerprint density at radius 3 is 2.36 bits per heavy atom. The molecule has 0 atom stereocenters. The highest BCUT2D eigenvalue weighted by atomic mass is 16.5. The zero-order valence-electron chi connectivity index (χ0n) is 15.8. The molecule has 0 bridgehead atoms. The molecule has 144 valence electrons. The van der Waals surface area contributed by atoms with Gasteiger partial charge >= 0.3 is 0 Å². The second-order valence-electron chi connectivity index (χ2n) is 6.30. The van der Waals surface area contributed by atoms with Crippen LogP contribution >= 0.6 is 0 Å².